The van der Waals surface area contributed by atoms with Crippen molar-refractivity contribution in [1.29, 1.82) is 5.26 Å². The molecule has 0 radical (unpaired) electrons. The molecule has 0 aliphatic rings. The lowest BCUT2D eigenvalue weighted by Crippen LogP contribution is -2.33. The van der Waals surface area contributed by atoms with Crippen LogP contribution in [-0.4, -0.2) is 24.4 Å². The van der Waals surface area contributed by atoms with Gasteiger partial charge in [-0.2, -0.15) is 5.26 Å². The third-order valence-corrected chi connectivity index (χ3v) is 2.05. The van der Waals surface area contributed by atoms with Crippen molar-refractivity contribution >= 4 is 6.09 Å². The summed E-state index contributed by atoms with van der Waals surface area (Å²) < 4.78 is 4.99. The summed E-state index contributed by atoms with van der Waals surface area (Å²) >= 11 is 0. The molecule has 0 heterocycles. The van der Waals surface area contributed by atoms with Crippen LogP contribution in [-0.2, 0) is 6.42 Å². The Bertz CT molecular complexity index is 395. The minimum atomic E-state index is -1.19. The summed E-state index contributed by atoms with van der Waals surface area (Å²) in [6.07, 6.45) is -0.854. The Hall–Kier alpha value is -2.22. The monoisotopic (exact) mass is 220 g/mol. The van der Waals surface area contributed by atoms with Gasteiger partial charge < -0.3 is 15.2 Å². The predicted molar refractivity (Wildman–Crippen MR) is 57.3 cm³/mol. The SMILES string of the molecule is COc1ccc(C[C@@H](C#N)NC(=O)O)cc1. The zero-order valence-corrected chi connectivity index (χ0v) is 8.80. The highest BCUT2D eigenvalue weighted by atomic mass is 16.5. The van der Waals surface area contributed by atoms with E-state index in [1.165, 1.54) is 0 Å². The third kappa shape index (κ3) is 3.50. The lowest BCUT2D eigenvalue weighted by molar-refractivity contribution is 0.192. The van der Waals surface area contributed by atoms with E-state index in [2.05, 4.69) is 5.32 Å². The first-order valence-corrected chi connectivity index (χ1v) is 4.67. The third-order valence-electron chi connectivity index (χ3n) is 2.05. The van der Waals surface area contributed by atoms with E-state index < -0.39 is 12.1 Å². The summed E-state index contributed by atoms with van der Waals surface area (Å²) in [7, 11) is 1.57. The summed E-state index contributed by atoms with van der Waals surface area (Å²) in [5.41, 5.74) is 0.876. The Balaban J connectivity index is 2.64. The van der Waals surface area contributed by atoms with Gasteiger partial charge in [-0.15, -0.1) is 0 Å². The number of nitrogens with zero attached hydrogens (tertiary/aromatic N) is 1. The molecule has 0 aliphatic heterocycles. The number of methoxy groups -OCH3 is 1. The summed E-state index contributed by atoms with van der Waals surface area (Å²) in [5.74, 6) is 0.725. The van der Waals surface area contributed by atoms with Gasteiger partial charge >= 0.3 is 6.09 Å². The van der Waals surface area contributed by atoms with E-state index in [9.17, 15) is 4.79 Å². The van der Waals surface area contributed by atoms with Crippen molar-refractivity contribution in [3.8, 4) is 11.8 Å². The van der Waals surface area contributed by atoms with E-state index in [4.69, 9.17) is 15.1 Å². The van der Waals surface area contributed by atoms with Gasteiger partial charge in [0.25, 0.3) is 0 Å². The number of hydrogen-bond acceptors (Lipinski definition) is 3. The molecule has 0 bridgehead atoms. The van der Waals surface area contributed by atoms with Crippen molar-refractivity contribution in [2.24, 2.45) is 0 Å². The lowest BCUT2D eigenvalue weighted by Gasteiger charge is -2.09. The molecule has 5 nitrogen and oxygen atoms in total. The topological polar surface area (TPSA) is 82.3 Å². The van der Waals surface area contributed by atoms with E-state index in [-0.39, 0.29) is 0 Å². The van der Waals surface area contributed by atoms with Crippen LogP contribution in [0.2, 0.25) is 0 Å². The molecule has 0 aromatic heterocycles. The van der Waals surface area contributed by atoms with E-state index in [0.717, 1.165) is 11.3 Å². The number of rotatable bonds is 4. The first kappa shape index (κ1) is 11.9. The molecule has 0 saturated heterocycles. The molecule has 0 saturated carbocycles. The number of hydrogen-bond donors (Lipinski definition) is 2. The quantitative estimate of drug-likeness (QED) is 0.803. The predicted octanol–water partition coefficient (Wildman–Crippen LogP) is 1.40. The zero-order valence-electron chi connectivity index (χ0n) is 8.80. The van der Waals surface area contributed by atoms with Crippen molar-refractivity contribution < 1.29 is 14.6 Å². The largest absolute Gasteiger partial charge is 0.497 e. The van der Waals surface area contributed by atoms with E-state index >= 15 is 0 Å². The number of amides is 1. The molecule has 16 heavy (non-hydrogen) atoms. The van der Waals surface area contributed by atoms with Gasteiger partial charge in [-0.3, -0.25) is 0 Å². The second-order valence-corrected chi connectivity index (χ2v) is 3.18. The number of nitrogens with one attached hydrogen (secondary N) is 1. The fraction of sp³-hybridized carbons (Fsp3) is 0.273. The molecule has 5 heteroatoms. The smallest absolute Gasteiger partial charge is 0.405 e. The maximum Gasteiger partial charge on any atom is 0.405 e. The number of ether oxygens (including phenoxy) is 1. The molecule has 1 atom stereocenters. The van der Waals surface area contributed by atoms with Crippen molar-refractivity contribution in [3.63, 3.8) is 0 Å². The van der Waals surface area contributed by atoms with Crippen LogP contribution in [0.4, 0.5) is 4.79 Å². The maximum absolute atomic E-state index is 10.4. The average Bonchev–Trinajstić information content (AvgIpc) is 2.28. The van der Waals surface area contributed by atoms with E-state index in [0.29, 0.717) is 6.42 Å². The Morgan fingerprint density at radius 3 is 2.62 bits per heavy atom. The minimum absolute atomic E-state index is 0.340. The molecule has 84 valence electrons. The molecule has 0 spiro atoms. The summed E-state index contributed by atoms with van der Waals surface area (Å²) in [6, 6.07) is 8.29. The van der Waals surface area contributed by atoms with Crippen molar-refractivity contribution in [2.45, 2.75) is 12.5 Å². The summed E-state index contributed by atoms with van der Waals surface area (Å²) in [6.45, 7) is 0. The van der Waals surface area contributed by atoms with Crippen molar-refractivity contribution in [1.82, 2.24) is 5.32 Å². The molecular weight excluding hydrogens is 208 g/mol. The lowest BCUT2D eigenvalue weighted by atomic mass is 10.1. The highest BCUT2D eigenvalue weighted by Crippen LogP contribution is 2.12. The standard InChI is InChI=1S/C11H12N2O3/c1-16-10-4-2-8(3-5-10)6-9(7-12)13-11(14)15/h2-5,9,13H,6H2,1H3,(H,14,15)/t9-/m0/s1. The molecule has 1 aromatic carbocycles. The molecule has 2 N–H and O–H groups in total. The molecular formula is C11H12N2O3. The van der Waals surface area contributed by atoms with Gasteiger partial charge in [-0.1, -0.05) is 12.1 Å². The van der Waals surface area contributed by atoms with Crippen LogP contribution < -0.4 is 10.1 Å². The van der Waals surface area contributed by atoms with Crippen LogP contribution in [0.3, 0.4) is 0 Å². The van der Waals surface area contributed by atoms with Crippen LogP contribution in [0.25, 0.3) is 0 Å². The van der Waals surface area contributed by atoms with Gasteiger partial charge in [0.15, 0.2) is 0 Å². The Kier molecular flexibility index (Phi) is 4.16. The van der Waals surface area contributed by atoms with Crippen LogP contribution in [0.1, 0.15) is 5.56 Å². The Morgan fingerprint density at radius 2 is 2.19 bits per heavy atom. The van der Waals surface area contributed by atoms with E-state index in [1.54, 1.807) is 31.4 Å². The first-order chi connectivity index (χ1) is 7.65. The number of carboxylic acid groups (broad SMARTS) is 1. The van der Waals surface area contributed by atoms with Crippen LogP contribution >= 0.6 is 0 Å². The molecule has 1 amide bonds. The summed E-state index contributed by atoms with van der Waals surface area (Å²) in [5, 5.41) is 19.4. The Morgan fingerprint density at radius 1 is 1.56 bits per heavy atom. The van der Waals surface area contributed by atoms with Gasteiger partial charge in [0, 0.05) is 6.42 Å². The van der Waals surface area contributed by atoms with Gasteiger partial charge in [0.1, 0.15) is 11.8 Å². The zero-order chi connectivity index (χ0) is 12.0. The average molecular weight is 220 g/mol. The molecule has 0 unspecified atom stereocenters. The second kappa shape index (κ2) is 5.61. The van der Waals surface area contributed by atoms with Gasteiger partial charge in [0.2, 0.25) is 0 Å². The molecule has 1 aromatic rings. The van der Waals surface area contributed by atoms with Gasteiger partial charge in [-0.25, -0.2) is 4.79 Å². The maximum atomic E-state index is 10.4. The van der Waals surface area contributed by atoms with Crippen LogP contribution in [0.15, 0.2) is 24.3 Å². The van der Waals surface area contributed by atoms with Crippen LogP contribution in [0, 0.1) is 11.3 Å². The highest BCUT2D eigenvalue weighted by Gasteiger charge is 2.10. The molecule has 0 fully saturated rings. The fourth-order valence-corrected chi connectivity index (χ4v) is 1.28. The molecule has 1 rings (SSSR count). The van der Waals surface area contributed by atoms with Gasteiger partial charge in [0.05, 0.1) is 13.2 Å². The number of nitriles is 1. The van der Waals surface area contributed by atoms with Crippen molar-refractivity contribution in [2.75, 3.05) is 7.11 Å². The minimum Gasteiger partial charge on any atom is -0.497 e. The van der Waals surface area contributed by atoms with Gasteiger partial charge in [-0.05, 0) is 17.7 Å². The van der Waals surface area contributed by atoms with Crippen molar-refractivity contribution in [3.05, 3.63) is 29.8 Å². The highest BCUT2D eigenvalue weighted by molar-refractivity contribution is 5.65. The number of benzene rings is 1. The fourth-order valence-electron chi connectivity index (χ4n) is 1.28. The number of carbonyl (C=O) groups is 1. The van der Waals surface area contributed by atoms with E-state index in [1.807, 2.05) is 6.07 Å². The first-order valence-electron chi connectivity index (χ1n) is 4.67. The normalized spacial score (nSPS) is 11.2. The summed E-state index contributed by atoms with van der Waals surface area (Å²) in [4.78, 5) is 10.4. The molecule has 0 aliphatic carbocycles. The Labute approximate surface area is 93.3 Å². The van der Waals surface area contributed by atoms with Crippen LogP contribution in [0.5, 0.6) is 5.75 Å². The second-order valence-electron chi connectivity index (χ2n) is 3.18.